The smallest absolute Gasteiger partial charge is 0.328 e. The number of ether oxygens (including phenoxy) is 1. The van der Waals surface area contributed by atoms with Crippen molar-refractivity contribution in [1.82, 2.24) is 0 Å². The lowest BCUT2D eigenvalue weighted by atomic mass is 9.88. The van der Waals surface area contributed by atoms with Crippen molar-refractivity contribution in [3.63, 3.8) is 0 Å². The highest BCUT2D eigenvalue weighted by Gasteiger charge is 2.27. The number of carbonyl (C=O) groups is 2. The average molecular weight is 504 g/mol. The molecule has 1 fully saturated rings. The molecular formula is C30H30ClNO4. The van der Waals surface area contributed by atoms with Gasteiger partial charge in [0.1, 0.15) is 5.75 Å². The van der Waals surface area contributed by atoms with E-state index in [1.165, 1.54) is 6.42 Å². The Morgan fingerprint density at radius 1 is 1.00 bits per heavy atom. The first-order valence-corrected chi connectivity index (χ1v) is 12.6. The number of hydrogen-bond donors (Lipinski definition) is 1. The number of carboxylic acids is 1. The number of carboxylic acid groups (broad SMARTS) is 1. The summed E-state index contributed by atoms with van der Waals surface area (Å²) >= 11 is 6.30. The van der Waals surface area contributed by atoms with Crippen LogP contribution in [-0.2, 0) is 16.1 Å². The zero-order chi connectivity index (χ0) is 25.5. The third kappa shape index (κ3) is 6.35. The van der Waals surface area contributed by atoms with Gasteiger partial charge in [-0.05, 0) is 65.4 Å². The third-order valence-corrected chi connectivity index (χ3v) is 6.90. The predicted molar refractivity (Wildman–Crippen MR) is 144 cm³/mol. The van der Waals surface area contributed by atoms with Gasteiger partial charge in [0, 0.05) is 17.7 Å². The number of hydrogen-bond acceptors (Lipinski definition) is 3. The van der Waals surface area contributed by atoms with Gasteiger partial charge in [0.2, 0.25) is 5.91 Å². The number of nitrogens with zero attached hydrogens (tertiary/aromatic N) is 1. The molecule has 1 aliphatic carbocycles. The molecule has 1 saturated carbocycles. The molecule has 3 aromatic rings. The molecule has 0 aliphatic heterocycles. The fourth-order valence-corrected chi connectivity index (χ4v) is 4.92. The second-order valence-corrected chi connectivity index (χ2v) is 9.48. The van der Waals surface area contributed by atoms with Crippen LogP contribution in [0.15, 0.2) is 72.8 Å². The minimum absolute atomic E-state index is 0.0117. The summed E-state index contributed by atoms with van der Waals surface area (Å²) in [5.41, 5.74) is 4.52. The van der Waals surface area contributed by atoms with Crippen molar-refractivity contribution in [1.29, 1.82) is 0 Å². The molecule has 0 spiro atoms. The number of rotatable bonds is 8. The topological polar surface area (TPSA) is 66.8 Å². The Morgan fingerprint density at radius 3 is 2.39 bits per heavy atom. The zero-order valence-electron chi connectivity index (χ0n) is 20.3. The van der Waals surface area contributed by atoms with E-state index in [0.717, 1.165) is 59.7 Å². The summed E-state index contributed by atoms with van der Waals surface area (Å²) < 4.78 is 5.25. The Kier molecular flexibility index (Phi) is 8.44. The van der Waals surface area contributed by atoms with Gasteiger partial charge in [-0.25, -0.2) is 4.79 Å². The highest BCUT2D eigenvalue weighted by molar-refractivity contribution is 6.32. The summed E-state index contributed by atoms with van der Waals surface area (Å²) in [5, 5.41) is 9.54. The first-order valence-electron chi connectivity index (χ1n) is 12.2. The second kappa shape index (κ2) is 11.9. The maximum absolute atomic E-state index is 13.7. The molecule has 0 unspecified atom stereocenters. The lowest BCUT2D eigenvalue weighted by Gasteiger charge is -2.30. The van der Waals surface area contributed by atoms with Crippen molar-refractivity contribution >= 4 is 35.2 Å². The van der Waals surface area contributed by atoms with E-state index < -0.39 is 5.97 Å². The molecule has 3 aromatic carbocycles. The van der Waals surface area contributed by atoms with Crippen molar-refractivity contribution in [2.75, 3.05) is 12.0 Å². The van der Waals surface area contributed by atoms with Gasteiger partial charge in [0.05, 0.1) is 18.7 Å². The first-order chi connectivity index (χ1) is 17.4. The summed E-state index contributed by atoms with van der Waals surface area (Å²) in [6.07, 6.45) is 7.79. The van der Waals surface area contributed by atoms with E-state index in [1.807, 2.05) is 71.6 Å². The number of amides is 1. The van der Waals surface area contributed by atoms with Crippen molar-refractivity contribution in [2.45, 2.75) is 38.6 Å². The lowest BCUT2D eigenvalue weighted by Crippen LogP contribution is -2.36. The maximum Gasteiger partial charge on any atom is 0.328 e. The monoisotopic (exact) mass is 503 g/mol. The molecule has 1 amide bonds. The quantitative estimate of drug-likeness (QED) is 0.329. The number of anilines is 1. The number of methoxy groups -OCH3 is 1. The van der Waals surface area contributed by atoms with E-state index in [1.54, 1.807) is 13.2 Å². The molecule has 0 radical (unpaired) electrons. The van der Waals surface area contributed by atoms with Gasteiger partial charge in [-0.15, -0.1) is 0 Å². The van der Waals surface area contributed by atoms with Gasteiger partial charge in [-0.3, -0.25) is 4.79 Å². The molecule has 0 heterocycles. The molecule has 1 aliphatic rings. The van der Waals surface area contributed by atoms with E-state index in [2.05, 4.69) is 0 Å². The average Bonchev–Trinajstić information content (AvgIpc) is 2.91. The summed E-state index contributed by atoms with van der Waals surface area (Å²) in [7, 11) is 1.59. The van der Waals surface area contributed by atoms with Gasteiger partial charge >= 0.3 is 5.97 Å². The molecule has 0 saturated heterocycles. The van der Waals surface area contributed by atoms with Crippen LogP contribution in [0.4, 0.5) is 5.69 Å². The Bertz CT molecular complexity index is 1250. The molecule has 6 heteroatoms. The fraction of sp³-hybridized carbons (Fsp3) is 0.267. The third-order valence-electron chi connectivity index (χ3n) is 6.60. The van der Waals surface area contributed by atoms with Crippen LogP contribution in [0.5, 0.6) is 5.75 Å². The van der Waals surface area contributed by atoms with E-state index >= 15 is 0 Å². The molecular weight excluding hydrogens is 474 g/mol. The van der Waals surface area contributed by atoms with Gasteiger partial charge in [-0.1, -0.05) is 73.3 Å². The first kappa shape index (κ1) is 25.5. The van der Waals surface area contributed by atoms with E-state index in [-0.39, 0.29) is 11.8 Å². The van der Waals surface area contributed by atoms with Crippen LogP contribution in [0.1, 0.15) is 43.2 Å². The van der Waals surface area contributed by atoms with E-state index in [9.17, 15) is 9.59 Å². The Balaban J connectivity index is 1.60. The van der Waals surface area contributed by atoms with Gasteiger partial charge in [-0.2, -0.15) is 0 Å². The molecule has 1 N–H and O–H groups in total. The zero-order valence-corrected chi connectivity index (χ0v) is 21.1. The van der Waals surface area contributed by atoms with Crippen molar-refractivity contribution in [3.8, 4) is 16.9 Å². The summed E-state index contributed by atoms with van der Waals surface area (Å²) in [4.78, 5) is 26.5. The molecule has 0 bridgehead atoms. The lowest BCUT2D eigenvalue weighted by molar-refractivity contribution is -0.131. The number of carbonyl (C=O) groups excluding carboxylic acids is 1. The van der Waals surface area contributed by atoms with Crippen LogP contribution < -0.4 is 9.64 Å². The molecule has 4 rings (SSSR count). The largest absolute Gasteiger partial charge is 0.495 e. The SMILES string of the molecule is COc1ccc(-c2ccc(CN(C(=O)C3CCCCC3)c3cccc(C=CC(=O)O)c3)cc2)cc1Cl. The second-order valence-electron chi connectivity index (χ2n) is 9.07. The maximum atomic E-state index is 13.7. The Morgan fingerprint density at radius 2 is 1.72 bits per heavy atom. The number of benzene rings is 3. The minimum Gasteiger partial charge on any atom is -0.495 e. The van der Waals surface area contributed by atoms with Crippen LogP contribution in [-0.4, -0.2) is 24.1 Å². The summed E-state index contributed by atoms with van der Waals surface area (Å²) in [5.74, 6) is -0.235. The highest BCUT2D eigenvalue weighted by Crippen LogP contribution is 2.32. The Labute approximate surface area is 217 Å². The molecule has 5 nitrogen and oxygen atoms in total. The highest BCUT2D eigenvalue weighted by atomic mass is 35.5. The Hall–Kier alpha value is -3.57. The van der Waals surface area contributed by atoms with Gasteiger partial charge < -0.3 is 14.7 Å². The van der Waals surface area contributed by atoms with E-state index in [4.69, 9.17) is 21.4 Å². The standard InChI is InChI=1S/C30H30ClNO4/c1-36-28-16-15-25(19-27(28)31)23-13-10-22(11-14-23)20-32(30(35)24-7-3-2-4-8-24)26-9-5-6-21(18-26)12-17-29(33)34/h5-6,9-19,24H,2-4,7-8,20H2,1H3,(H,33,34). The predicted octanol–water partition coefficient (Wildman–Crippen LogP) is 7.23. The summed E-state index contributed by atoms with van der Waals surface area (Å²) in [6.45, 7) is 0.436. The van der Waals surface area contributed by atoms with Crippen LogP contribution >= 0.6 is 11.6 Å². The number of halogens is 1. The van der Waals surface area contributed by atoms with Gasteiger partial charge in [0.25, 0.3) is 0 Å². The number of aliphatic carboxylic acids is 1. The molecule has 36 heavy (non-hydrogen) atoms. The minimum atomic E-state index is -1.01. The molecule has 186 valence electrons. The van der Waals surface area contributed by atoms with E-state index in [0.29, 0.717) is 17.3 Å². The van der Waals surface area contributed by atoms with Crippen LogP contribution in [0.3, 0.4) is 0 Å². The van der Waals surface area contributed by atoms with Crippen LogP contribution in [0.25, 0.3) is 17.2 Å². The van der Waals surface area contributed by atoms with Crippen LogP contribution in [0.2, 0.25) is 5.02 Å². The van der Waals surface area contributed by atoms with Crippen LogP contribution in [0, 0.1) is 5.92 Å². The summed E-state index contributed by atoms with van der Waals surface area (Å²) in [6, 6.07) is 21.3. The fourth-order valence-electron chi connectivity index (χ4n) is 4.66. The molecule has 0 atom stereocenters. The molecule has 0 aromatic heterocycles. The van der Waals surface area contributed by atoms with Gasteiger partial charge in [0.15, 0.2) is 0 Å². The van der Waals surface area contributed by atoms with Crippen molar-refractivity contribution < 1.29 is 19.4 Å². The van der Waals surface area contributed by atoms with Crippen molar-refractivity contribution in [3.05, 3.63) is 89.0 Å². The normalized spacial score (nSPS) is 14.1. The van der Waals surface area contributed by atoms with Crippen molar-refractivity contribution in [2.24, 2.45) is 5.92 Å².